The van der Waals surface area contributed by atoms with Gasteiger partial charge in [-0.2, -0.15) is 0 Å². The van der Waals surface area contributed by atoms with Crippen LogP contribution in [0.25, 0.3) is 0 Å². The molecule has 0 saturated carbocycles. The molecule has 1 aliphatic heterocycles. The molecule has 1 atom stereocenters. The van der Waals surface area contributed by atoms with Crippen molar-refractivity contribution in [2.24, 2.45) is 0 Å². The van der Waals surface area contributed by atoms with Crippen LogP contribution < -0.4 is 10.2 Å². The van der Waals surface area contributed by atoms with E-state index in [9.17, 15) is 4.79 Å². The molecule has 1 aliphatic rings. The van der Waals surface area contributed by atoms with Gasteiger partial charge in [-0.3, -0.25) is 0 Å². The van der Waals surface area contributed by atoms with Crippen molar-refractivity contribution in [3.05, 3.63) is 12.0 Å². The van der Waals surface area contributed by atoms with E-state index in [1.54, 1.807) is 0 Å². The summed E-state index contributed by atoms with van der Waals surface area (Å²) < 4.78 is 5.09. The molecule has 0 amide bonds. The van der Waals surface area contributed by atoms with Crippen LogP contribution in [0.2, 0.25) is 0 Å². The fourth-order valence-electron chi connectivity index (χ4n) is 2.15. The lowest BCUT2D eigenvalue weighted by atomic mass is 10.1. The van der Waals surface area contributed by atoms with Crippen LogP contribution in [0.4, 0.5) is 11.4 Å². The first kappa shape index (κ1) is 11.8. The molecule has 0 spiro atoms. The Balaban J connectivity index is 2.26. The molecule has 0 bridgehead atoms. The molecule has 0 saturated heterocycles. The molecule has 2 N–H and O–H groups in total. The normalized spacial score (nSPS) is 19.1. The lowest BCUT2D eigenvalue weighted by molar-refractivity contribution is 0.0664. The van der Waals surface area contributed by atoms with Crippen LogP contribution in [0.5, 0.6) is 0 Å². The Morgan fingerprint density at radius 2 is 2.41 bits per heavy atom. The van der Waals surface area contributed by atoms with Gasteiger partial charge in [0.05, 0.1) is 11.7 Å². The highest BCUT2D eigenvalue weighted by Gasteiger charge is 2.29. The minimum atomic E-state index is -1.04. The summed E-state index contributed by atoms with van der Waals surface area (Å²) in [5.41, 5.74) is 1.38. The minimum absolute atomic E-state index is 0.0182. The van der Waals surface area contributed by atoms with Gasteiger partial charge in [-0.1, -0.05) is 0 Å². The van der Waals surface area contributed by atoms with Crippen LogP contribution >= 0.6 is 0 Å². The van der Waals surface area contributed by atoms with Crippen LogP contribution in [-0.4, -0.2) is 56.3 Å². The van der Waals surface area contributed by atoms with Crippen LogP contribution in [0.1, 0.15) is 10.6 Å². The molecule has 0 aliphatic carbocycles. The number of carboxylic acid groups (broad SMARTS) is 1. The number of carboxylic acids is 1. The predicted octanol–water partition coefficient (Wildman–Crippen LogP) is 0.770. The van der Waals surface area contributed by atoms with E-state index < -0.39 is 5.97 Å². The van der Waals surface area contributed by atoms with E-state index in [2.05, 4.69) is 10.2 Å². The van der Waals surface area contributed by atoms with Gasteiger partial charge in [0, 0.05) is 20.1 Å². The Morgan fingerprint density at radius 1 is 1.71 bits per heavy atom. The standard InChI is InChI=1S/C11H17N3O3/c1-13(2)4-7-5-14(3)8-6-17-10(11(15)16)9(8)12-7/h6-7,12H,4-5H2,1-3H3,(H,15,16). The van der Waals surface area contributed by atoms with E-state index in [4.69, 9.17) is 9.52 Å². The third kappa shape index (κ3) is 2.21. The second-order valence-corrected chi connectivity index (χ2v) is 4.61. The summed E-state index contributed by atoms with van der Waals surface area (Å²) in [4.78, 5) is 15.1. The van der Waals surface area contributed by atoms with Crippen LogP contribution in [0, 0.1) is 0 Å². The van der Waals surface area contributed by atoms with Crippen LogP contribution in [-0.2, 0) is 0 Å². The highest BCUT2D eigenvalue weighted by molar-refractivity contribution is 5.96. The Hall–Kier alpha value is -1.69. The number of rotatable bonds is 3. The average molecular weight is 239 g/mol. The molecule has 1 unspecified atom stereocenters. The zero-order chi connectivity index (χ0) is 12.6. The number of anilines is 2. The van der Waals surface area contributed by atoms with Crippen molar-refractivity contribution < 1.29 is 14.3 Å². The molecule has 0 fully saturated rings. The number of nitrogens with one attached hydrogen (secondary N) is 1. The monoisotopic (exact) mass is 239 g/mol. The van der Waals surface area contributed by atoms with Crippen molar-refractivity contribution >= 4 is 17.3 Å². The zero-order valence-corrected chi connectivity index (χ0v) is 10.2. The first-order chi connectivity index (χ1) is 7.99. The smallest absolute Gasteiger partial charge is 0.374 e. The SMILES string of the molecule is CN(C)CC1CN(C)c2coc(C(=O)O)c2N1. The second kappa shape index (κ2) is 4.29. The largest absolute Gasteiger partial charge is 0.475 e. The van der Waals surface area contributed by atoms with Gasteiger partial charge in [-0.05, 0) is 14.1 Å². The van der Waals surface area contributed by atoms with E-state index in [0.717, 1.165) is 18.8 Å². The maximum Gasteiger partial charge on any atom is 0.374 e. The van der Waals surface area contributed by atoms with Gasteiger partial charge in [0.25, 0.3) is 0 Å². The van der Waals surface area contributed by atoms with E-state index in [0.29, 0.717) is 5.69 Å². The first-order valence-corrected chi connectivity index (χ1v) is 5.46. The third-order valence-corrected chi connectivity index (χ3v) is 2.81. The van der Waals surface area contributed by atoms with E-state index in [1.807, 2.05) is 26.0 Å². The number of hydrogen-bond acceptors (Lipinski definition) is 5. The highest BCUT2D eigenvalue weighted by Crippen LogP contribution is 2.35. The van der Waals surface area contributed by atoms with Crippen molar-refractivity contribution in [2.45, 2.75) is 6.04 Å². The number of hydrogen-bond donors (Lipinski definition) is 2. The van der Waals surface area contributed by atoms with Gasteiger partial charge < -0.3 is 24.6 Å². The maximum atomic E-state index is 11.0. The van der Waals surface area contributed by atoms with Gasteiger partial charge >= 0.3 is 5.97 Å². The molecule has 0 aromatic carbocycles. The summed E-state index contributed by atoms with van der Waals surface area (Å²) in [6.07, 6.45) is 1.48. The molecular weight excluding hydrogens is 222 g/mol. The second-order valence-electron chi connectivity index (χ2n) is 4.61. The molecule has 17 heavy (non-hydrogen) atoms. The Bertz CT molecular complexity index is 428. The van der Waals surface area contributed by atoms with E-state index in [1.165, 1.54) is 6.26 Å². The molecule has 2 rings (SSSR count). The molecular formula is C11H17N3O3. The van der Waals surface area contributed by atoms with Gasteiger partial charge in [0.2, 0.25) is 5.76 Å². The summed E-state index contributed by atoms with van der Waals surface area (Å²) in [5, 5.41) is 12.3. The molecule has 2 heterocycles. The summed E-state index contributed by atoms with van der Waals surface area (Å²) in [6.45, 7) is 1.66. The molecule has 6 heteroatoms. The lowest BCUT2D eigenvalue weighted by Gasteiger charge is -2.33. The Morgan fingerprint density at radius 3 is 3.00 bits per heavy atom. The zero-order valence-electron chi connectivity index (χ0n) is 10.2. The molecule has 0 radical (unpaired) electrons. The topological polar surface area (TPSA) is 69.0 Å². The quantitative estimate of drug-likeness (QED) is 0.812. The fourth-order valence-corrected chi connectivity index (χ4v) is 2.15. The number of nitrogens with zero attached hydrogens (tertiary/aromatic N) is 2. The van der Waals surface area contributed by atoms with Crippen LogP contribution in [0.3, 0.4) is 0 Å². The van der Waals surface area contributed by atoms with Gasteiger partial charge in [0.15, 0.2) is 0 Å². The van der Waals surface area contributed by atoms with Gasteiger partial charge in [-0.15, -0.1) is 0 Å². The average Bonchev–Trinajstić information content (AvgIpc) is 2.60. The third-order valence-electron chi connectivity index (χ3n) is 2.81. The minimum Gasteiger partial charge on any atom is -0.475 e. The summed E-state index contributed by atoms with van der Waals surface area (Å²) >= 11 is 0. The molecule has 1 aromatic rings. The van der Waals surface area contributed by atoms with Crippen molar-refractivity contribution in [1.82, 2.24) is 4.90 Å². The maximum absolute atomic E-state index is 11.0. The lowest BCUT2D eigenvalue weighted by Crippen LogP contribution is -2.44. The predicted molar refractivity (Wildman–Crippen MR) is 64.9 cm³/mol. The number of likely N-dealkylation sites (N-methyl/N-ethyl adjacent to an activating group) is 2. The fraction of sp³-hybridized carbons (Fsp3) is 0.545. The Kier molecular flexibility index (Phi) is 2.97. The summed E-state index contributed by atoms with van der Waals surface area (Å²) in [5.74, 6) is -1.06. The van der Waals surface area contributed by atoms with Crippen LogP contribution in [0.15, 0.2) is 10.7 Å². The molecule has 94 valence electrons. The number of aromatic carboxylic acids is 1. The van der Waals surface area contributed by atoms with Crippen molar-refractivity contribution in [2.75, 3.05) is 44.4 Å². The number of carbonyl (C=O) groups is 1. The first-order valence-electron chi connectivity index (χ1n) is 5.46. The molecule has 1 aromatic heterocycles. The highest BCUT2D eigenvalue weighted by atomic mass is 16.4. The van der Waals surface area contributed by atoms with E-state index >= 15 is 0 Å². The molecule has 6 nitrogen and oxygen atoms in total. The van der Waals surface area contributed by atoms with Gasteiger partial charge in [0.1, 0.15) is 12.0 Å². The Labute approximate surface area is 99.8 Å². The summed E-state index contributed by atoms with van der Waals surface area (Å²) in [6, 6.07) is 0.193. The summed E-state index contributed by atoms with van der Waals surface area (Å²) in [7, 11) is 5.92. The van der Waals surface area contributed by atoms with Gasteiger partial charge in [-0.25, -0.2) is 4.79 Å². The number of fused-ring (bicyclic) bond motifs is 1. The number of furan rings is 1. The van der Waals surface area contributed by atoms with Crippen molar-refractivity contribution in [3.8, 4) is 0 Å². The van der Waals surface area contributed by atoms with E-state index in [-0.39, 0.29) is 11.8 Å². The van der Waals surface area contributed by atoms with Crippen molar-refractivity contribution in [3.63, 3.8) is 0 Å². The van der Waals surface area contributed by atoms with Crippen molar-refractivity contribution in [1.29, 1.82) is 0 Å².